The van der Waals surface area contributed by atoms with Crippen LogP contribution in [0.3, 0.4) is 0 Å². The van der Waals surface area contributed by atoms with Crippen molar-refractivity contribution in [1.82, 2.24) is 4.90 Å². The largest absolute Gasteiger partial charge is 0.388 e. The molecule has 2 heterocycles. The summed E-state index contributed by atoms with van der Waals surface area (Å²) in [7, 11) is 1.67. The van der Waals surface area contributed by atoms with Gasteiger partial charge >= 0.3 is 5.69 Å². The summed E-state index contributed by atoms with van der Waals surface area (Å²) in [6.07, 6.45) is 1.27. The molecule has 8 heteroatoms. The van der Waals surface area contributed by atoms with Crippen LogP contribution in [0.15, 0.2) is 6.07 Å². The molecule has 7 nitrogen and oxygen atoms in total. The Labute approximate surface area is 126 Å². The number of nitro groups is 1. The van der Waals surface area contributed by atoms with Crippen LogP contribution in [0, 0.1) is 10.1 Å². The van der Waals surface area contributed by atoms with Crippen molar-refractivity contribution in [3.8, 4) is 0 Å². The van der Waals surface area contributed by atoms with Crippen LogP contribution in [0.2, 0.25) is 0 Å². The lowest BCUT2D eigenvalue weighted by Gasteiger charge is -2.21. The van der Waals surface area contributed by atoms with Crippen LogP contribution in [0.25, 0.3) is 0 Å². The Kier molecular flexibility index (Phi) is 4.79. The third-order valence-electron chi connectivity index (χ3n) is 3.50. The van der Waals surface area contributed by atoms with Gasteiger partial charge in [0.05, 0.1) is 17.6 Å². The molecule has 1 atom stereocenters. The second kappa shape index (κ2) is 6.40. The van der Waals surface area contributed by atoms with E-state index >= 15 is 0 Å². The molecular formula is C13H19N3O4S. The van der Waals surface area contributed by atoms with Crippen molar-refractivity contribution in [1.29, 1.82) is 0 Å². The van der Waals surface area contributed by atoms with Crippen molar-refractivity contribution in [2.75, 3.05) is 31.6 Å². The first kappa shape index (κ1) is 15.7. The van der Waals surface area contributed by atoms with E-state index in [2.05, 4.69) is 0 Å². The van der Waals surface area contributed by atoms with Crippen molar-refractivity contribution >= 4 is 27.9 Å². The summed E-state index contributed by atoms with van der Waals surface area (Å²) >= 11 is 1.15. The van der Waals surface area contributed by atoms with E-state index in [-0.39, 0.29) is 18.1 Å². The molecule has 0 aliphatic carbocycles. The van der Waals surface area contributed by atoms with Gasteiger partial charge in [-0.15, -0.1) is 11.3 Å². The first-order valence-electron chi connectivity index (χ1n) is 6.85. The number of hydrogen-bond donors (Lipinski definition) is 1. The molecule has 0 bridgehead atoms. The molecule has 1 fully saturated rings. The van der Waals surface area contributed by atoms with Crippen molar-refractivity contribution in [2.24, 2.45) is 0 Å². The second-order valence-corrected chi connectivity index (χ2v) is 6.28. The third-order valence-corrected chi connectivity index (χ3v) is 4.91. The van der Waals surface area contributed by atoms with Crippen LogP contribution in [0.4, 0.5) is 10.7 Å². The number of nitrogens with zero attached hydrogens (tertiary/aromatic N) is 3. The highest BCUT2D eigenvalue weighted by molar-refractivity contribution is 7.16. The van der Waals surface area contributed by atoms with Crippen molar-refractivity contribution in [3.63, 3.8) is 0 Å². The molecule has 1 N–H and O–H groups in total. The predicted octanol–water partition coefficient (Wildman–Crippen LogP) is 1.77. The van der Waals surface area contributed by atoms with E-state index in [0.717, 1.165) is 37.3 Å². The Morgan fingerprint density at radius 2 is 2.19 bits per heavy atom. The van der Waals surface area contributed by atoms with Gasteiger partial charge in [0.25, 0.3) is 0 Å². The molecule has 1 unspecified atom stereocenters. The number of carbonyl (C=O) groups is 1. The summed E-state index contributed by atoms with van der Waals surface area (Å²) < 4.78 is 0. The number of anilines is 1. The second-order valence-electron chi connectivity index (χ2n) is 5.22. The van der Waals surface area contributed by atoms with E-state index in [1.165, 1.54) is 6.07 Å². The Morgan fingerprint density at radius 1 is 1.57 bits per heavy atom. The quantitative estimate of drug-likeness (QED) is 0.661. The number of rotatable bonds is 5. The number of thiophene rings is 1. The van der Waals surface area contributed by atoms with E-state index in [4.69, 9.17) is 0 Å². The Hall–Kier alpha value is -1.67. The molecule has 0 saturated carbocycles. The molecule has 1 aromatic rings. The number of carbonyl (C=O) groups excluding carboxylic acids is 1. The molecule has 1 aromatic heterocycles. The van der Waals surface area contributed by atoms with Crippen LogP contribution in [0.5, 0.6) is 0 Å². The van der Waals surface area contributed by atoms with E-state index < -0.39 is 11.0 Å². The van der Waals surface area contributed by atoms with E-state index in [1.54, 1.807) is 23.8 Å². The summed E-state index contributed by atoms with van der Waals surface area (Å²) in [4.78, 5) is 26.7. The molecule has 0 spiro atoms. The highest BCUT2D eigenvalue weighted by atomic mass is 32.1. The van der Waals surface area contributed by atoms with Crippen LogP contribution in [-0.4, -0.2) is 47.5 Å². The van der Waals surface area contributed by atoms with E-state index in [1.807, 2.05) is 0 Å². The molecule has 1 aliphatic rings. The zero-order valence-corrected chi connectivity index (χ0v) is 12.9. The molecule has 0 aromatic carbocycles. The Morgan fingerprint density at radius 3 is 2.71 bits per heavy atom. The molecule has 116 valence electrons. The molecule has 0 radical (unpaired) electrons. The SMILES string of the molecule is CC(O)c1cc([N+](=O)[O-])c(N(C)CC(=O)N2CCCC2)s1. The summed E-state index contributed by atoms with van der Waals surface area (Å²) in [6.45, 7) is 3.20. The minimum absolute atomic E-state index is 0.0173. The zero-order chi connectivity index (χ0) is 15.6. The van der Waals surface area contributed by atoms with Crippen molar-refractivity contribution in [2.45, 2.75) is 25.9 Å². The van der Waals surface area contributed by atoms with E-state index in [9.17, 15) is 20.0 Å². The standard InChI is InChI=1S/C13H19N3O4S/c1-9(17)11-7-10(16(19)20)13(21-11)14(2)8-12(18)15-5-3-4-6-15/h7,9,17H,3-6,8H2,1-2H3. The summed E-state index contributed by atoms with van der Waals surface area (Å²) in [5.74, 6) is -0.0173. The lowest BCUT2D eigenvalue weighted by atomic mass is 10.3. The average molecular weight is 313 g/mol. The van der Waals surface area contributed by atoms with Gasteiger partial charge in [-0.3, -0.25) is 14.9 Å². The minimum Gasteiger partial charge on any atom is -0.388 e. The first-order chi connectivity index (χ1) is 9.90. The monoisotopic (exact) mass is 313 g/mol. The highest BCUT2D eigenvalue weighted by Crippen LogP contribution is 2.39. The van der Waals surface area contributed by atoms with Gasteiger partial charge in [-0.25, -0.2) is 0 Å². The molecule has 2 rings (SSSR count). The fourth-order valence-electron chi connectivity index (χ4n) is 2.34. The van der Waals surface area contributed by atoms with Gasteiger partial charge in [0.15, 0.2) is 5.00 Å². The van der Waals surface area contributed by atoms with E-state index in [0.29, 0.717) is 9.88 Å². The summed E-state index contributed by atoms with van der Waals surface area (Å²) in [5.41, 5.74) is -0.0624. The van der Waals surface area contributed by atoms with Gasteiger partial charge in [-0.1, -0.05) is 0 Å². The maximum atomic E-state index is 12.1. The van der Waals surface area contributed by atoms with Gasteiger partial charge in [0.1, 0.15) is 0 Å². The number of likely N-dealkylation sites (N-methyl/N-ethyl adjacent to an activating group) is 1. The summed E-state index contributed by atoms with van der Waals surface area (Å²) in [6, 6.07) is 1.38. The van der Waals surface area contributed by atoms with Crippen LogP contribution < -0.4 is 4.90 Å². The maximum Gasteiger partial charge on any atom is 0.304 e. The first-order valence-corrected chi connectivity index (χ1v) is 7.67. The molecule has 1 saturated heterocycles. The average Bonchev–Trinajstić information content (AvgIpc) is 3.08. The molecule has 1 aliphatic heterocycles. The number of aliphatic hydroxyl groups is 1. The number of hydrogen-bond acceptors (Lipinski definition) is 6. The fraction of sp³-hybridized carbons (Fsp3) is 0.615. The Balaban J connectivity index is 2.15. The van der Waals surface area contributed by atoms with Crippen molar-refractivity contribution in [3.05, 3.63) is 21.1 Å². The van der Waals surface area contributed by atoms with Gasteiger partial charge < -0.3 is 14.9 Å². The van der Waals surface area contributed by atoms with Gasteiger partial charge in [0, 0.05) is 31.1 Å². The smallest absolute Gasteiger partial charge is 0.304 e. The highest BCUT2D eigenvalue weighted by Gasteiger charge is 2.26. The van der Waals surface area contributed by atoms with Gasteiger partial charge in [-0.05, 0) is 19.8 Å². The van der Waals surface area contributed by atoms with Crippen LogP contribution in [0.1, 0.15) is 30.7 Å². The summed E-state index contributed by atoms with van der Waals surface area (Å²) in [5, 5.41) is 21.1. The van der Waals surface area contributed by atoms with Crippen LogP contribution >= 0.6 is 11.3 Å². The third kappa shape index (κ3) is 3.51. The predicted molar refractivity (Wildman–Crippen MR) is 80.7 cm³/mol. The molecule has 1 amide bonds. The normalized spacial score (nSPS) is 16.0. The molecule has 21 heavy (non-hydrogen) atoms. The van der Waals surface area contributed by atoms with Crippen molar-refractivity contribution < 1.29 is 14.8 Å². The Bertz CT molecular complexity index is 538. The van der Waals surface area contributed by atoms with Crippen LogP contribution in [-0.2, 0) is 4.79 Å². The number of aliphatic hydroxyl groups excluding tert-OH is 1. The lowest BCUT2D eigenvalue weighted by Crippen LogP contribution is -2.37. The molecular weight excluding hydrogens is 294 g/mol. The zero-order valence-electron chi connectivity index (χ0n) is 12.1. The minimum atomic E-state index is -0.759. The van der Waals surface area contributed by atoms with Gasteiger partial charge in [0.2, 0.25) is 5.91 Å². The maximum absolute atomic E-state index is 12.1. The topological polar surface area (TPSA) is 86.9 Å². The number of likely N-dealkylation sites (tertiary alicyclic amines) is 1. The fourth-order valence-corrected chi connectivity index (χ4v) is 3.36. The lowest BCUT2D eigenvalue weighted by molar-refractivity contribution is -0.383. The van der Waals surface area contributed by atoms with Gasteiger partial charge in [-0.2, -0.15) is 0 Å². The number of amides is 1.